The molecule has 1 N–H and O–H groups in total. The Labute approximate surface area is 115 Å². The second-order valence-electron chi connectivity index (χ2n) is 5.87. The highest BCUT2D eigenvalue weighted by atomic mass is 16.2. The second-order valence-corrected chi connectivity index (χ2v) is 5.87. The SMILES string of the molecule is CCC1CCCCN1C(=O)CC(=O)NC1CCCC1. The van der Waals surface area contributed by atoms with Crippen LogP contribution in [0.3, 0.4) is 0 Å². The highest BCUT2D eigenvalue weighted by Gasteiger charge is 2.27. The Morgan fingerprint density at radius 1 is 1.11 bits per heavy atom. The van der Waals surface area contributed by atoms with E-state index in [1.807, 2.05) is 4.90 Å². The number of nitrogens with one attached hydrogen (secondary N) is 1. The molecule has 2 rings (SSSR count). The fraction of sp³-hybridized carbons (Fsp3) is 0.867. The van der Waals surface area contributed by atoms with Crippen molar-refractivity contribution in [2.45, 2.75) is 76.8 Å². The molecule has 1 aliphatic carbocycles. The summed E-state index contributed by atoms with van der Waals surface area (Å²) >= 11 is 0. The molecule has 4 heteroatoms. The minimum absolute atomic E-state index is 0.0158. The maximum Gasteiger partial charge on any atom is 0.232 e. The fourth-order valence-corrected chi connectivity index (χ4v) is 3.34. The Hall–Kier alpha value is -1.06. The smallest absolute Gasteiger partial charge is 0.232 e. The number of hydrogen-bond acceptors (Lipinski definition) is 2. The first-order valence-electron chi connectivity index (χ1n) is 7.79. The monoisotopic (exact) mass is 266 g/mol. The molecule has 1 unspecified atom stereocenters. The molecule has 1 saturated heterocycles. The minimum Gasteiger partial charge on any atom is -0.353 e. The molecule has 1 saturated carbocycles. The summed E-state index contributed by atoms with van der Waals surface area (Å²) in [5.74, 6) is -0.0700. The first-order valence-corrected chi connectivity index (χ1v) is 7.79. The maximum atomic E-state index is 12.2. The van der Waals surface area contributed by atoms with Crippen LogP contribution in [0.25, 0.3) is 0 Å². The maximum absolute atomic E-state index is 12.2. The number of nitrogens with zero attached hydrogens (tertiary/aromatic N) is 1. The van der Waals surface area contributed by atoms with Gasteiger partial charge in [-0.25, -0.2) is 0 Å². The lowest BCUT2D eigenvalue weighted by Crippen LogP contribution is -2.45. The molecule has 4 nitrogen and oxygen atoms in total. The predicted octanol–water partition coefficient (Wildman–Crippen LogP) is 2.23. The number of likely N-dealkylation sites (tertiary alicyclic amines) is 1. The second kappa shape index (κ2) is 6.92. The largest absolute Gasteiger partial charge is 0.353 e. The van der Waals surface area contributed by atoms with Crippen molar-refractivity contribution < 1.29 is 9.59 Å². The van der Waals surface area contributed by atoms with E-state index in [-0.39, 0.29) is 18.2 Å². The number of piperidine rings is 1. The molecular formula is C15H26N2O2. The highest BCUT2D eigenvalue weighted by molar-refractivity contribution is 5.97. The van der Waals surface area contributed by atoms with Gasteiger partial charge in [0.05, 0.1) is 0 Å². The molecular weight excluding hydrogens is 240 g/mol. The average molecular weight is 266 g/mol. The highest BCUT2D eigenvalue weighted by Crippen LogP contribution is 2.21. The standard InChI is InChI=1S/C15H26N2O2/c1-2-13-9-5-6-10-17(13)15(19)11-14(18)16-12-7-3-4-8-12/h12-13H,2-11H2,1H3,(H,16,18). The molecule has 1 heterocycles. The predicted molar refractivity (Wildman–Crippen MR) is 74.7 cm³/mol. The molecule has 19 heavy (non-hydrogen) atoms. The lowest BCUT2D eigenvalue weighted by molar-refractivity contribution is -0.139. The van der Waals surface area contributed by atoms with Crippen molar-refractivity contribution in [3.05, 3.63) is 0 Å². The van der Waals surface area contributed by atoms with Gasteiger partial charge in [0.2, 0.25) is 11.8 Å². The normalized spacial score (nSPS) is 24.5. The number of hydrogen-bond donors (Lipinski definition) is 1. The summed E-state index contributed by atoms with van der Waals surface area (Å²) in [7, 11) is 0. The van der Waals surface area contributed by atoms with Crippen LogP contribution in [0.4, 0.5) is 0 Å². The summed E-state index contributed by atoms with van der Waals surface area (Å²) in [6, 6.07) is 0.657. The molecule has 2 amide bonds. The Kier molecular flexibility index (Phi) is 5.23. The van der Waals surface area contributed by atoms with Gasteiger partial charge in [0.25, 0.3) is 0 Å². The molecule has 0 radical (unpaired) electrons. The van der Waals surface area contributed by atoms with Crippen LogP contribution in [-0.4, -0.2) is 35.3 Å². The third kappa shape index (κ3) is 3.95. The number of amides is 2. The van der Waals surface area contributed by atoms with Crippen molar-refractivity contribution in [1.29, 1.82) is 0 Å². The summed E-state index contributed by atoms with van der Waals surface area (Å²) in [4.78, 5) is 26.0. The molecule has 1 aliphatic heterocycles. The number of rotatable bonds is 4. The van der Waals surface area contributed by atoms with E-state index in [9.17, 15) is 9.59 Å². The summed E-state index contributed by atoms with van der Waals surface area (Å²) in [6.45, 7) is 2.95. The van der Waals surface area contributed by atoms with Gasteiger partial charge < -0.3 is 10.2 Å². The number of carbonyl (C=O) groups excluding carboxylic acids is 2. The topological polar surface area (TPSA) is 49.4 Å². The van der Waals surface area contributed by atoms with Gasteiger partial charge in [0.1, 0.15) is 6.42 Å². The summed E-state index contributed by atoms with van der Waals surface area (Å²) in [5.41, 5.74) is 0. The zero-order chi connectivity index (χ0) is 13.7. The quantitative estimate of drug-likeness (QED) is 0.793. The van der Waals surface area contributed by atoms with Crippen LogP contribution >= 0.6 is 0 Å². The van der Waals surface area contributed by atoms with Crippen LogP contribution in [0.5, 0.6) is 0 Å². The van der Waals surface area contributed by atoms with E-state index in [0.717, 1.165) is 38.6 Å². The zero-order valence-electron chi connectivity index (χ0n) is 12.0. The number of carbonyl (C=O) groups is 2. The minimum atomic E-state index is -0.0858. The van der Waals surface area contributed by atoms with E-state index in [2.05, 4.69) is 12.2 Å². The lowest BCUT2D eigenvalue weighted by Gasteiger charge is -2.35. The van der Waals surface area contributed by atoms with E-state index < -0.39 is 0 Å². The van der Waals surface area contributed by atoms with Crippen molar-refractivity contribution in [3.8, 4) is 0 Å². The van der Waals surface area contributed by atoms with Gasteiger partial charge in [-0.2, -0.15) is 0 Å². The zero-order valence-corrected chi connectivity index (χ0v) is 12.0. The van der Waals surface area contributed by atoms with Crippen LogP contribution in [0.15, 0.2) is 0 Å². The first kappa shape index (κ1) is 14.4. The molecule has 2 aliphatic rings. The van der Waals surface area contributed by atoms with Crippen LogP contribution < -0.4 is 5.32 Å². The van der Waals surface area contributed by atoms with E-state index in [1.165, 1.54) is 19.3 Å². The Bertz CT molecular complexity index is 324. The Morgan fingerprint density at radius 2 is 1.79 bits per heavy atom. The third-order valence-corrected chi connectivity index (χ3v) is 4.45. The van der Waals surface area contributed by atoms with Gasteiger partial charge in [-0.1, -0.05) is 19.8 Å². The van der Waals surface area contributed by atoms with Gasteiger partial charge >= 0.3 is 0 Å². The lowest BCUT2D eigenvalue weighted by atomic mass is 9.99. The molecule has 0 bridgehead atoms. The van der Waals surface area contributed by atoms with E-state index in [4.69, 9.17) is 0 Å². The Balaban J connectivity index is 1.79. The van der Waals surface area contributed by atoms with E-state index in [0.29, 0.717) is 12.1 Å². The Morgan fingerprint density at radius 3 is 2.47 bits per heavy atom. The van der Waals surface area contributed by atoms with Gasteiger partial charge in [0.15, 0.2) is 0 Å². The molecule has 2 fully saturated rings. The molecule has 108 valence electrons. The summed E-state index contributed by atoms with van der Waals surface area (Å²) < 4.78 is 0. The van der Waals surface area contributed by atoms with Gasteiger partial charge in [-0.05, 0) is 38.5 Å². The van der Waals surface area contributed by atoms with Crippen molar-refractivity contribution in [2.24, 2.45) is 0 Å². The van der Waals surface area contributed by atoms with Crippen LogP contribution in [-0.2, 0) is 9.59 Å². The van der Waals surface area contributed by atoms with Gasteiger partial charge in [-0.15, -0.1) is 0 Å². The molecule has 1 atom stereocenters. The van der Waals surface area contributed by atoms with Gasteiger partial charge in [0, 0.05) is 18.6 Å². The molecule has 0 aromatic carbocycles. The summed E-state index contributed by atoms with van der Waals surface area (Å²) in [6.07, 6.45) is 8.94. The molecule has 0 aromatic heterocycles. The van der Waals surface area contributed by atoms with Crippen LogP contribution in [0.1, 0.15) is 64.7 Å². The van der Waals surface area contributed by atoms with Gasteiger partial charge in [-0.3, -0.25) is 9.59 Å². The summed E-state index contributed by atoms with van der Waals surface area (Å²) in [5, 5.41) is 3.00. The van der Waals surface area contributed by atoms with Crippen molar-refractivity contribution in [3.63, 3.8) is 0 Å². The first-order chi connectivity index (χ1) is 9.20. The molecule has 0 aromatic rings. The van der Waals surface area contributed by atoms with Crippen molar-refractivity contribution in [2.75, 3.05) is 6.54 Å². The van der Waals surface area contributed by atoms with E-state index >= 15 is 0 Å². The van der Waals surface area contributed by atoms with Crippen molar-refractivity contribution >= 4 is 11.8 Å². The fourth-order valence-electron chi connectivity index (χ4n) is 3.34. The van der Waals surface area contributed by atoms with Crippen LogP contribution in [0, 0.1) is 0 Å². The van der Waals surface area contributed by atoms with Crippen LogP contribution in [0.2, 0.25) is 0 Å². The third-order valence-electron chi connectivity index (χ3n) is 4.45. The van der Waals surface area contributed by atoms with E-state index in [1.54, 1.807) is 0 Å². The molecule has 0 spiro atoms. The van der Waals surface area contributed by atoms with Crippen molar-refractivity contribution in [1.82, 2.24) is 10.2 Å². The average Bonchev–Trinajstić information content (AvgIpc) is 2.91.